The second-order valence-corrected chi connectivity index (χ2v) is 16.3. The highest BCUT2D eigenvalue weighted by Gasteiger charge is 2.53. The minimum Gasteiger partial charge on any atom is -0.462 e. The number of nitrogens with zero attached hydrogens (tertiary/aromatic N) is 1. The van der Waals surface area contributed by atoms with Gasteiger partial charge in [0.15, 0.2) is 5.79 Å². The van der Waals surface area contributed by atoms with Gasteiger partial charge in [-0.15, -0.1) is 0 Å². The molecule has 2 fully saturated rings. The van der Waals surface area contributed by atoms with Gasteiger partial charge in [0.2, 0.25) is 17.9 Å². The Morgan fingerprint density at radius 2 is 1.63 bits per heavy atom. The summed E-state index contributed by atoms with van der Waals surface area (Å²) in [5, 5.41) is 12.1. The molecule has 3 aliphatic rings. The molecule has 13 nitrogen and oxygen atoms in total. The second-order valence-electron chi connectivity index (χ2n) is 16.3. The monoisotopic (exact) mass is 816 g/mol. The van der Waals surface area contributed by atoms with Crippen molar-refractivity contribution in [3.8, 4) is 0 Å². The lowest BCUT2D eigenvalue weighted by molar-refractivity contribution is -0.190. The molecule has 5 atom stereocenters. The van der Waals surface area contributed by atoms with Crippen molar-refractivity contribution in [3.63, 3.8) is 0 Å². The highest BCUT2D eigenvalue weighted by molar-refractivity contribution is 5.98. The minimum absolute atomic E-state index is 0.00659. The minimum atomic E-state index is -1.06. The number of rotatable bonds is 20. The van der Waals surface area contributed by atoms with Crippen LogP contribution in [0.4, 0.5) is 0 Å². The van der Waals surface area contributed by atoms with Crippen molar-refractivity contribution in [2.45, 2.75) is 128 Å². The molecule has 2 aromatic rings. The summed E-state index contributed by atoms with van der Waals surface area (Å²) < 4.78 is 30.4. The molecule has 5 rings (SSSR count). The second kappa shape index (κ2) is 20.9. The zero-order valence-corrected chi connectivity index (χ0v) is 35.0. The van der Waals surface area contributed by atoms with Crippen LogP contribution < -0.4 is 5.32 Å². The number of hydrogen-bond donors (Lipinski definition) is 2. The summed E-state index contributed by atoms with van der Waals surface area (Å²) in [6.07, 6.45) is 8.13. The van der Waals surface area contributed by atoms with Gasteiger partial charge in [0.1, 0.15) is 31.0 Å². The quantitative estimate of drug-likeness (QED) is 0.0711. The van der Waals surface area contributed by atoms with E-state index < -0.39 is 71.4 Å². The molecule has 13 heteroatoms. The number of hydrogen-bond acceptors (Lipinski definition) is 11. The molecular formula is C46H60N2O11. The number of likely N-dealkylation sites (N-methyl/N-ethyl adjacent to an activating group) is 1. The van der Waals surface area contributed by atoms with Crippen LogP contribution in [0.1, 0.15) is 107 Å². The van der Waals surface area contributed by atoms with E-state index in [0.29, 0.717) is 24.0 Å². The van der Waals surface area contributed by atoms with E-state index in [1.165, 1.54) is 11.0 Å². The van der Waals surface area contributed by atoms with Crippen LogP contribution in [0, 0.1) is 5.41 Å². The van der Waals surface area contributed by atoms with E-state index in [9.17, 15) is 29.1 Å². The van der Waals surface area contributed by atoms with Gasteiger partial charge < -0.3 is 39.0 Å². The van der Waals surface area contributed by atoms with E-state index in [1.807, 2.05) is 30.3 Å². The fourth-order valence-corrected chi connectivity index (χ4v) is 7.78. The Labute approximate surface area is 347 Å². The number of ether oxygens (including phenoxy) is 5. The molecule has 5 unspecified atom stereocenters. The fourth-order valence-electron chi connectivity index (χ4n) is 7.78. The van der Waals surface area contributed by atoms with Crippen molar-refractivity contribution in [2.24, 2.45) is 5.41 Å². The smallest absolute Gasteiger partial charge is 0.348 e. The number of esters is 3. The molecule has 59 heavy (non-hydrogen) atoms. The van der Waals surface area contributed by atoms with E-state index >= 15 is 0 Å². The van der Waals surface area contributed by atoms with Gasteiger partial charge in [-0.2, -0.15) is 0 Å². The van der Waals surface area contributed by atoms with E-state index in [2.05, 4.69) is 19.2 Å². The molecule has 0 saturated carbocycles. The van der Waals surface area contributed by atoms with Crippen LogP contribution in [-0.4, -0.2) is 103 Å². The Morgan fingerprint density at radius 1 is 0.949 bits per heavy atom. The zero-order valence-electron chi connectivity index (χ0n) is 35.0. The van der Waals surface area contributed by atoms with E-state index in [-0.39, 0.29) is 38.2 Å². The number of cyclic esters (lactones) is 1. The maximum absolute atomic E-state index is 14.5. The molecule has 2 heterocycles. The number of carbonyl (C=O) groups excluding carboxylic acids is 5. The van der Waals surface area contributed by atoms with Gasteiger partial charge in [-0.25, -0.2) is 14.4 Å². The highest BCUT2D eigenvalue weighted by atomic mass is 16.8. The van der Waals surface area contributed by atoms with Gasteiger partial charge in [-0.1, -0.05) is 102 Å². The van der Waals surface area contributed by atoms with Crippen molar-refractivity contribution >= 4 is 35.8 Å². The molecule has 2 amide bonds. The summed E-state index contributed by atoms with van der Waals surface area (Å²) >= 11 is 0. The maximum Gasteiger partial charge on any atom is 0.348 e. The average molecular weight is 817 g/mol. The Morgan fingerprint density at radius 3 is 2.27 bits per heavy atom. The number of aliphatic hydroxyl groups excluding tert-OH is 1. The first-order valence-corrected chi connectivity index (χ1v) is 20.9. The molecule has 0 bridgehead atoms. The molecular weight excluding hydrogens is 757 g/mol. The predicted molar refractivity (Wildman–Crippen MR) is 220 cm³/mol. The molecule has 0 radical (unpaired) electrons. The van der Waals surface area contributed by atoms with Crippen molar-refractivity contribution in [1.29, 1.82) is 0 Å². The predicted octanol–water partition coefficient (Wildman–Crippen LogP) is 5.87. The van der Waals surface area contributed by atoms with Crippen molar-refractivity contribution in [1.82, 2.24) is 10.2 Å². The van der Waals surface area contributed by atoms with Gasteiger partial charge in [0.05, 0.1) is 12.2 Å². The number of benzene rings is 2. The standard InChI is InChI=1S/C46H60N2O11/c1-6-8-15-23-46(24-16-9-7-2)58-37-29-33(42(52)48(5)35(41(51)47-25-26-49)27-31-17-11-10-12-18-31)28-36(39(37)59-46)56-43(53)34-20-14-13-19-32(34)21-22-38(50)57-40-44(54)55-30-45(40,3)4/h10-14,17-22,29,35-37,39-40,49H,6-9,15-16,23-28,30H2,1-5H3,(H,47,51). The third-order valence-electron chi connectivity index (χ3n) is 11.1. The topological polar surface area (TPSA) is 167 Å². The first-order valence-electron chi connectivity index (χ1n) is 20.9. The van der Waals surface area contributed by atoms with Gasteiger partial charge in [-0.05, 0) is 42.2 Å². The summed E-state index contributed by atoms with van der Waals surface area (Å²) in [5.74, 6) is -3.87. The molecule has 320 valence electrons. The average Bonchev–Trinajstić information content (AvgIpc) is 3.73. The lowest BCUT2D eigenvalue weighted by Crippen LogP contribution is -2.51. The summed E-state index contributed by atoms with van der Waals surface area (Å²) in [7, 11) is 1.57. The lowest BCUT2D eigenvalue weighted by Gasteiger charge is -2.33. The highest BCUT2D eigenvalue weighted by Crippen LogP contribution is 2.43. The molecule has 2 aromatic carbocycles. The van der Waals surface area contributed by atoms with Crippen LogP contribution in [-0.2, 0) is 49.3 Å². The first kappa shape index (κ1) is 45.2. The van der Waals surface area contributed by atoms with Gasteiger partial charge in [0.25, 0.3) is 0 Å². The maximum atomic E-state index is 14.5. The Hall–Kier alpha value is -4.85. The Kier molecular flexibility index (Phi) is 16.0. The molecule has 2 N–H and O–H groups in total. The summed E-state index contributed by atoms with van der Waals surface area (Å²) in [6, 6.07) is 15.1. The number of amides is 2. The van der Waals surface area contributed by atoms with Crippen molar-refractivity contribution < 1.29 is 52.8 Å². The first-order chi connectivity index (χ1) is 28.3. The van der Waals surface area contributed by atoms with Gasteiger partial charge in [0, 0.05) is 56.3 Å². The van der Waals surface area contributed by atoms with Gasteiger partial charge in [-0.3, -0.25) is 9.59 Å². The fraction of sp³-hybridized carbons (Fsp3) is 0.543. The molecule has 2 aliphatic heterocycles. The number of unbranched alkanes of at least 4 members (excludes halogenated alkanes) is 4. The van der Waals surface area contributed by atoms with E-state index in [0.717, 1.165) is 50.2 Å². The summed E-state index contributed by atoms with van der Waals surface area (Å²) in [6.45, 7) is 7.71. The third-order valence-corrected chi connectivity index (χ3v) is 11.1. The van der Waals surface area contributed by atoms with Crippen LogP contribution in [0.3, 0.4) is 0 Å². The molecule has 2 saturated heterocycles. The van der Waals surface area contributed by atoms with Crippen molar-refractivity contribution in [2.75, 3.05) is 26.8 Å². The van der Waals surface area contributed by atoms with Crippen LogP contribution in [0.15, 0.2) is 72.3 Å². The summed E-state index contributed by atoms with van der Waals surface area (Å²) in [5.41, 5.74) is 1.01. The number of nitrogens with one attached hydrogen (secondary N) is 1. The van der Waals surface area contributed by atoms with Crippen LogP contribution >= 0.6 is 0 Å². The van der Waals surface area contributed by atoms with Gasteiger partial charge >= 0.3 is 17.9 Å². The number of aliphatic hydroxyl groups is 1. The van der Waals surface area contributed by atoms with Crippen LogP contribution in [0.2, 0.25) is 0 Å². The molecule has 0 aromatic heterocycles. The number of carbonyl (C=O) groups is 5. The third kappa shape index (κ3) is 11.7. The number of fused-ring (bicyclic) bond motifs is 1. The molecule has 1 aliphatic carbocycles. The molecule has 0 spiro atoms. The normalized spacial score (nSPS) is 22.2. The van der Waals surface area contributed by atoms with Crippen molar-refractivity contribution in [3.05, 3.63) is 89.0 Å². The zero-order chi connectivity index (χ0) is 42.6. The lowest BCUT2D eigenvalue weighted by atomic mass is 9.90. The van der Waals surface area contributed by atoms with Crippen LogP contribution in [0.5, 0.6) is 0 Å². The Balaban J connectivity index is 1.42. The Bertz CT molecular complexity index is 1830. The SMILES string of the molecule is CCCCCC1(CCCCC)OC2C=C(C(=O)N(C)C(Cc3ccccc3)C(=O)NCCO)CC(OC(=O)c3ccccc3C=CC(=O)OC3C(=O)OCC3(C)C)C2O1. The van der Waals surface area contributed by atoms with E-state index in [4.69, 9.17) is 23.7 Å². The van der Waals surface area contributed by atoms with E-state index in [1.54, 1.807) is 51.2 Å². The summed E-state index contributed by atoms with van der Waals surface area (Å²) in [4.78, 5) is 68.5. The largest absolute Gasteiger partial charge is 0.462 e. The van der Waals surface area contributed by atoms with Crippen LogP contribution in [0.25, 0.3) is 6.08 Å².